The van der Waals surface area contributed by atoms with Crippen molar-refractivity contribution in [3.8, 4) is 0 Å². The average Bonchev–Trinajstić information content (AvgIpc) is 2.75. The number of halogens is 1. The number of benzene rings is 3. The SMILES string of the molecule is O=S(=O)(Nc1nc2ccccc2nc1NCCc1ccccc1)c1ccc(Br)cc1. The zero-order valence-corrected chi connectivity index (χ0v) is 18.3. The molecule has 1 heterocycles. The Bertz CT molecular complexity index is 1260. The summed E-state index contributed by atoms with van der Waals surface area (Å²) in [6, 6.07) is 23.8. The monoisotopic (exact) mass is 482 g/mol. The lowest BCUT2D eigenvalue weighted by Gasteiger charge is -2.14. The average molecular weight is 483 g/mol. The summed E-state index contributed by atoms with van der Waals surface area (Å²) in [5, 5.41) is 3.23. The molecular weight excluding hydrogens is 464 g/mol. The second-order valence-electron chi connectivity index (χ2n) is 6.63. The van der Waals surface area contributed by atoms with Gasteiger partial charge in [0.25, 0.3) is 10.0 Å². The van der Waals surface area contributed by atoms with Crippen LogP contribution in [-0.2, 0) is 16.4 Å². The van der Waals surface area contributed by atoms with E-state index in [1.165, 1.54) is 17.7 Å². The second kappa shape index (κ2) is 8.81. The van der Waals surface area contributed by atoms with Crippen LogP contribution in [0.2, 0.25) is 0 Å². The molecule has 0 spiro atoms. The van der Waals surface area contributed by atoms with Crippen LogP contribution in [0.4, 0.5) is 11.6 Å². The molecule has 3 aromatic carbocycles. The largest absolute Gasteiger partial charge is 0.367 e. The maximum Gasteiger partial charge on any atom is 0.263 e. The second-order valence-corrected chi connectivity index (χ2v) is 9.23. The fraction of sp³-hybridized carbons (Fsp3) is 0.0909. The van der Waals surface area contributed by atoms with E-state index in [4.69, 9.17) is 0 Å². The van der Waals surface area contributed by atoms with Crippen LogP contribution in [0.15, 0.2) is 88.2 Å². The van der Waals surface area contributed by atoms with Crippen molar-refractivity contribution in [3.63, 3.8) is 0 Å². The number of anilines is 2. The maximum atomic E-state index is 12.9. The molecule has 152 valence electrons. The zero-order valence-electron chi connectivity index (χ0n) is 15.9. The van der Waals surface area contributed by atoms with Gasteiger partial charge in [0.1, 0.15) is 0 Å². The van der Waals surface area contributed by atoms with Crippen molar-refractivity contribution in [2.75, 3.05) is 16.6 Å². The van der Waals surface area contributed by atoms with Gasteiger partial charge in [-0.25, -0.2) is 18.4 Å². The Hall–Kier alpha value is -2.97. The van der Waals surface area contributed by atoms with Crippen molar-refractivity contribution in [2.45, 2.75) is 11.3 Å². The molecule has 4 aromatic rings. The van der Waals surface area contributed by atoms with E-state index < -0.39 is 10.0 Å². The first-order valence-corrected chi connectivity index (χ1v) is 11.6. The predicted molar refractivity (Wildman–Crippen MR) is 123 cm³/mol. The highest BCUT2D eigenvalue weighted by atomic mass is 79.9. The van der Waals surface area contributed by atoms with E-state index in [9.17, 15) is 8.42 Å². The zero-order chi connectivity index (χ0) is 21.0. The Kier molecular flexibility index (Phi) is 5.96. The fourth-order valence-electron chi connectivity index (χ4n) is 2.96. The quantitative estimate of drug-likeness (QED) is 0.393. The lowest BCUT2D eigenvalue weighted by Crippen LogP contribution is -2.17. The Labute approximate surface area is 183 Å². The molecule has 0 atom stereocenters. The van der Waals surface area contributed by atoms with Crippen molar-refractivity contribution in [2.24, 2.45) is 0 Å². The van der Waals surface area contributed by atoms with E-state index in [0.29, 0.717) is 23.4 Å². The molecule has 0 aliphatic carbocycles. The first kappa shape index (κ1) is 20.3. The smallest absolute Gasteiger partial charge is 0.263 e. The number of nitrogens with one attached hydrogen (secondary N) is 2. The van der Waals surface area contributed by atoms with Crippen molar-refractivity contribution in [1.82, 2.24) is 9.97 Å². The van der Waals surface area contributed by atoms with Crippen molar-refractivity contribution < 1.29 is 8.42 Å². The van der Waals surface area contributed by atoms with E-state index in [2.05, 4.69) is 35.9 Å². The van der Waals surface area contributed by atoms with Gasteiger partial charge in [0.15, 0.2) is 11.6 Å². The molecule has 8 heteroatoms. The molecular formula is C22H19BrN4O2S. The standard InChI is InChI=1S/C22H19BrN4O2S/c23-17-10-12-18(13-11-17)30(28,29)27-22-21(24-15-14-16-6-2-1-3-7-16)25-19-8-4-5-9-20(19)26-22/h1-13H,14-15H2,(H,24,25)(H,26,27). The van der Waals surface area contributed by atoms with Crippen LogP contribution in [0.5, 0.6) is 0 Å². The number of fused-ring (bicyclic) bond motifs is 1. The number of nitrogens with zero attached hydrogens (tertiary/aromatic N) is 2. The van der Waals surface area contributed by atoms with Gasteiger partial charge in [-0.15, -0.1) is 0 Å². The molecule has 2 N–H and O–H groups in total. The molecule has 30 heavy (non-hydrogen) atoms. The van der Waals surface area contributed by atoms with Crippen molar-refractivity contribution >= 4 is 48.6 Å². The molecule has 0 saturated carbocycles. The minimum atomic E-state index is -3.81. The lowest BCUT2D eigenvalue weighted by molar-refractivity contribution is 0.601. The van der Waals surface area contributed by atoms with Gasteiger partial charge in [0, 0.05) is 11.0 Å². The number of aromatic nitrogens is 2. The molecule has 0 amide bonds. The van der Waals surface area contributed by atoms with Gasteiger partial charge in [-0.3, -0.25) is 4.72 Å². The molecule has 0 saturated heterocycles. The Morgan fingerprint density at radius 2 is 1.37 bits per heavy atom. The summed E-state index contributed by atoms with van der Waals surface area (Å²) >= 11 is 3.32. The highest BCUT2D eigenvalue weighted by Crippen LogP contribution is 2.25. The Morgan fingerprint density at radius 1 is 0.767 bits per heavy atom. The summed E-state index contributed by atoms with van der Waals surface area (Å²) < 4.78 is 29.1. The summed E-state index contributed by atoms with van der Waals surface area (Å²) in [4.78, 5) is 9.24. The summed E-state index contributed by atoms with van der Waals surface area (Å²) in [6.45, 7) is 0.587. The number of sulfonamides is 1. The highest BCUT2D eigenvalue weighted by Gasteiger charge is 2.18. The van der Waals surface area contributed by atoms with Gasteiger partial charge >= 0.3 is 0 Å². The third-order valence-electron chi connectivity index (χ3n) is 4.47. The fourth-order valence-corrected chi connectivity index (χ4v) is 4.24. The van der Waals surface area contributed by atoms with E-state index in [1.54, 1.807) is 18.2 Å². The van der Waals surface area contributed by atoms with Gasteiger partial charge in [0.2, 0.25) is 0 Å². The highest BCUT2D eigenvalue weighted by molar-refractivity contribution is 9.10. The van der Waals surface area contributed by atoms with Crippen LogP contribution in [0, 0.1) is 0 Å². The van der Waals surface area contributed by atoms with Crippen LogP contribution in [0.3, 0.4) is 0 Å². The van der Waals surface area contributed by atoms with Crippen molar-refractivity contribution in [3.05, 3.63) is 88.9 Å². The molecule has 1 aromatic heterocycles. The first-order valence-electron chi connectivity index (χ1n) is 9.34. The first-order chi connectivity index (χ1) is 14.5. The molecule has 0 radical (unpaired) electrons. The third kappa shape index (κ3) is 4.77. The molecule has 0 aliphatic heterocycles. The van der Waals surface area contributed by atoms with E-state index in [-0.39, 0.29) is 10.7 Å². The van der Waals surface area contributed by atoms with E-state index >= 15 is 0 Å². The topological polar surface area (TPSA) is 84.0 Å². The maximum absolute atomic E-state index is 12.9. The van der Waals surface area contributed by atoms with Gasteiger partial charge in [0.05, 0.1) is 15.9 Å². The van der Waals surface area contributed by atoms with E-state index in [1.807, 2.05) is 48.5 Å². The predicted octanol–water partition coefficient (Wildman–Crippen LogP) is 4.85. The Morgan fingerprint density at radius 3 is 2.03 bits per heavy atom. The van der Waals surface area contributed by atoms with Crippen molar-refractivity contribution in [1.29, 1.82) is 0 Å². The molecule has 0 bridgehead atoms. The number of rotatable bonds is 7. The normalized spacial score (nSPS) is 11.4. The van der Waals surface area contributed by atoms with Crippen LogP contribution in [-0.4, -0.2) is 24.9 Å². The van der Waals surface area contributed by atoms with Gasteiger partial charge in [-0.05, 0) is 48.4 Å². The number of hydrogen-bond donors (Lipinski definition) is 2. The van der Waals surface area contributed by atoms with Gasteiger partial charge in [-0.2, -0.15) is 0 Å². The summed E-state index contributed by atoms with van der Waals surface area (Å²) in [7, 11) is -3.81. The minimum Gasteiger partial charge on any atom is -0.367 e. The minimum absolute atomic E-state index is 0.149. The van der Waals surface area contributed by atoms with Gasteiger partial charge < -0.3 is 5.32 Å². The third-order valence-corrected chi connectivity index (χ3v) is 6.36. The molecule has 0 unspecified atom stereocenters. The van der Waals surface area contributed by atoms with Gasteiger partial charge in [-0.1, -0.05) is 58.4 Å². The number of hydrogen-bond acceptors (Lipinski definition) is 5. The van der Waals surface area contributed by atoms with Crippen LogP contribution in [0.1, 0.15) is 5.56 Å². The molecule has 0 aliphatic rings. The summed E-state index contributed by atoms with van der Waals surface area (Å²) in [6.07, 6.45) is 0.772. The molecule has 4 rings (SSSR count). The summed E-state index contributed by atoms with van der Waals surface area (Å²) in [5.41, 5.74) is 2.47. The molecule has 6 nitrogen and oxygen atoms in total. The Balaban J connectivity index is 1.63. The lowest BCUT2D eigenvalue weighted by atomic mass is 10.1. The van der Waals surface area contributed by atoms with E-state index in [0.717, 1.165) is 10.9 Å². The van der Waals surface area contributed by atoms with Crippen LogP contribution >= 0.6 is 15.9 Å². The summed E-state index contributed by atoms with van der Waals surface area (Å²) in [5.74, 6) is 0.565. The van der Waals surface area contributed by atoms with Crippen LogP contribution in [0.25, 0.3) is 11.0 Å². The molecule has 0 fully saturated rings. The van der Waals surface area contributed by atoms with Crippen LogP contribution < -0.4 is 10.0 Å². The number of para-hydroxylation sites is 2.